The highest BCUT2D eigenvalue weighted by molar-refractivity contribution is 6.38. The molecule has 7 amide bonds. The van der Waals surface area contributed by atoms with Crippen molar-refractivity contribution in [3.05, 3.63) is 12.7 Å². The van der Waals surface area contributed by atoms with Crippen molar-refractivity contribution in [1.82, 2.24) is 31.1 Å². The monoisotopic (exact) mass is 686 g/mol. The van der Waals surface area contributed by atoms with Crippen LogP contribution in [-0.4, -0.2) is 95.0 Å². The van der Waals surface area contributed by atoms with Crippen LogP contribution < -0.4 is 21.3 Å². The van der Waals surface area contributed by atoms with Gasteiger partial charge >= 0.3 is 6.03 Å². The van der Waals surface area contributed by atoms with Gasteiger partial charge in [-0.3, -0.25) is 33.7 Å². The third-order valence-electron chi connectivity index (χ3n) is 9.57. The van der Waals surface area contributed by atoms with Crippen LogP contribution >= 0.6 is 0 Å². The predicted molar refractivity (Wildman–Crippen MR) is 185 cm³/mol. The highest BCUT2D eigenvalue weighted by atomic mass is 16.2. The van der Waals surface area contributed by atoms with Gasteiger partial charge in [-0.25, -0.2) is 4.79 Å². The standard InChI is InChI=1S/C36H58N6O7/c1-10-15-37-32(47)29(45)24(17-22-11-12-22)38-31(46)25-18-23(16-21(2)3)19-41(25)33(48)30(36(7,8)9)40-34(49)39-26(35(4,5)6)20-42-27(43)13-14-28(42)44/h10,21-26,30H,1,11-20H2,2-9H3,(H,37,47)(H,38,46)(H2,39,40,49)/t23?,24?,25-,26+,30+/m0/s1. The Morgan fingerprint density at radius 3 is 2.00 bits per heavy atom. The Morgan fingerprint density at radius 1 is 0.878 bits per heavy atom. The topological polar surface area (TPSA) is 174 Å². The fourth-order valence-electron chi connectivity index (χ4n) is 6.54. The Balaban J connectivity index is 1.83. The molecule has 0 aromatic carbocycles. The van der Waals surface area contributed by atoms with Gasteiger partial charge < -0.3 is 26.2 Å². The van der Waals surface area contributed by atoms with Gasteiger partial charge in [-0.05, 0) is 47.8 Å². The molecule has 3 aliphatic rings. The second kappa shape index (κ2) is 16.3. The first kappa shape index (κ1) is 39.7. The molecule has 13 nitrogen and oxygen atoms in total. The number of Topliss-reactive ketones (excluding diaryl/α,β-unsaturated/α-hetero) is 1. The summed E-state index contributed by atoms with van der Waals surface area (Å²) >= 11 is 0. The van der Waals surface area contributed by atoms with Crippen LogP contribution in [0, 0.1) is 28.6 Å². The Bertz CT molecular complexity index is 1280. The van der Waals surface area contributed by atoms with Gasteiger partial charge in [-0.1, -0.05) is 74.3 Å². The van der Waals surface area contributed by atoms with Crippen molar-refractivity contribution in [2.24, 2.45) is 28.6 Å². The maximum Gasteiger partial charge on any atom is 0.315 e. The molecule has 0 aromatic heterocycles. The van der Waals surface area contributed by atoms with E-state index in [-0.39, 0.29) is 49.6 Å². The number of rotatable bonds is 15. The van der Waals surface area contributed by atoms with Crippen LogP contribution in [0.2, 0.25) is 0 Å². The summed E-state index contributed by atoms with van der Waals surface area (Å²) in [6, 6.07) is -4.18. The van der Waals surface area contributed by atoms with Gasteiger partial charge in [0.25, 0.3) is 5.91 Å². The van der Waals surface area contributed by atoms with Crippen molar-refractivity contribution in [3.63, 3.8) is 0 Å². The molecule has 5 atom stereocenters. The highest BCUT2D eigenvalue weighted by Crippen LogP contribution is 2.35. The molecule has 49 heavy (non-hydrogen) atoms. The SMILES string of the molecule is C=CCNC(=O)C(=O)C(CC1CC1)NC(=O)[C@@H]1CC(CC(C)C)CN1C(=O)[C@@H](NC(=O)N[C@H](CN1C(=O)CCC1=O)C(C)(C)C)C(C)(C)C. The van der Waals surface area contributed by atoms with E-state index in [2.05, 4.69) is 41.7 Å². The predicted octanol–water partition coefficient (Wildman–Crippen LogP) is 2.68. The molecule has 2 heterocycles. The van der Waals surface area contributed by atoms with E-state index in [1.807, 2.05) is 41.5 Å². The number of hydrogen-bond donors (Lipinski definition) is 4. The Hall–Kier alpha value is -3.77. The molecule has 3 fully saturated rings. The lowest BCUT2D eigenvalue weighted by molar-refractivity contribution is -0.143. The average molecular weight is 687 g/mol. The van der Waals surface area contributed by atoms with Gasteiger partial charge in [0.15, 0.2) is 0 Å². The number of hydrogen-bond acceptors (Lipinski definition) is 7. The largest absolute Gasteiger partial charge is 0.346 e. The lowest BCUT2D eigenvalue weighted by atomic mass is 9.85. The van der Waals surface area contributed by atoms with Gasteiger partial charge in [0.05, 0.1) is 12.1 Å². The van der Waals surface area contributed by atoms with Gasteiger partial charge in [0, 0.05) is 32.5 Å². The average Bonchev–Trinajstić information content (AvgIpc) is 3.63. The molecule has 2 aliphatic heterocycles. The van der Waals surface area contributed by atoms with Crippen molar-refractivity contribution in [3.8, 4) is 0 Å². The van der Waals surface area contributed by atoms with E-state index >= 15 is 0 Å². The molecule has 0 radical (unpaired) electrons. The molecule has 0 spiro atoms. The van der Waals surface area contributed by atoms with Crippen molar-refractivity contribution in [2.75, 3.05) is 19.6 Å². The van der Waals surface area contributed by atoms with E-state index in [1.165, 1.54) is 15.9 Å². The maximum absolute atomic E-state index is 14.4. The second-order valence-corrected chi connectivity index (χ2v) is 16.6. The summed E-state index contributed by atoms with van der Waals surface area (Å²) in [6.45, 7) is 19.3. The van der Waals surface area contributed by atoms with Gasteiger partial charge in [-0.2, -0.15) is 0 Å². The van der Waals surface area contributed by atoms with Crippen LogP contribution in [0.4, 0.5) is 4.79 Å². The zero-order chi connectivity index (χ0) is 36.8. The number of carbonyl (C=O) groups is 7. The highest BCUT2D eigenvalue weighted by Gasteiger charge is 2.46. The maximum atomic E-state index is 14.4. The Morgan fingerprint density at radius 2 is 1.49 bits per heavy atom. The van der Waals surface area contributed by atoms with Crippen LogP contribution in [-0.2, 0) is 28.8 Å². The molecule has 274 valence electrons. The van der Waals surface area contributed by atoms with E-state index in [0.717, 1.165) is 19.3 Å². The van der Waals surface area contributed by atoms with Crippen LogP contribution in [0.15, 0.2) is 12.7 Å². The summed E-state index contributed by atoms with van der Waals surface area (Å²) in [4.78, 5) is 95.0. The lowest BCUT2D eigenvalue weighted by Gasteiger charge is -2.37. The number of amides is 7. The van der Waals surface area contributed by atoms with Crippen LogP contribution in [0.5, 0.6) is 0 Å². The van der Waals surface area contributed by atoms with E-state index in [9.17, 15) is 33.6 Å². The number of nitrogens with one attached hydrogen (secondary N) is 4. The van der Waals surface area contributed by atoms with Crippen molar-refractivity contribution in [1.29, 1.82) is 0 Å². The molecule has 2 unspecified atom stereocenters. The molecular weight excluding hydrogens is 628 g/mol. The summed E-state index contributed by atoms with van der Waals surface area (Å²) in [5.74, 6) is -2.45. The van der Waals surface area contributed by atoms with E-state index in [4.69, 9.17) is 0 Å². The summed E-state index contributed by atoms with van der Waals surface area (Å²) in [7, 11) is 0. The van der Waals surface area contributed by atoms with Crippen LogP contribution in [0.1, 0.15) is 100 Å². The van der Waals surface area contributed by atoms with E-state index < -0.39 is 64.5 Å². The molecule has 1 saturated carbocycles. The number of urea groups is 1. The lowest BCUT2D eigenvalue weighted by Crippen LogP contribution is -2.62. The summed E-state index contributed by atoms with van der Waals surface area (Å²) in [5.41, 5.74) is -1.29. The zero-order valence-corrected chi connectivity index (χ0v) is 30.6. The van der Waals surface area contributed by atoms with E-state index in [0.29, 0.717) is 25.3 Å². The summed E-state index contributed by atoms with van der Waals surface area (Å²) in [5, 5.41) is 11.1. The third kappa shape index (κ3) is 11.1. The fraction of sp³-hybridized carbons (Fsp3) is 0.750. The Kier molecular flexibility index (Phi) is 13.2. The zero-order valence-electron chi connectivity index (χ0n) is 30.6. The molecule has 3 rings (SSSR count). The summed E-state index contributed by atoms with van der Waals surface area (Å²) < 4.78 is 0. The minimum atomic E-state index is -1.04. The quantitative estimate of drug-likeness (QED) is 0.116. The van der Waals surface area contributed by atoms with Crippen molar-refractivity contribution in [2.45, 2.75) is 125 Å². The molecule has 4 N–H and O–H groups in total. The second-order valence-electron chi connectivity index (χ2n) is 16.6. The number of imide groups is 1. The normalized spacial score (nSPS) is 21.7. The summed E-state index contributed by atoms with van der Waals surface area (Å²) in [6.07, 6.45) is 5.09. The first-order valence-electron chi connectivity index (χ1n) is 17.7. The number of ketones is 1. The molecule has 1 aliphatic carbocycles. The molecule has 13 heteroatoms. The van der Waals surface area contributed by atoms with Gasteiger partial charge in [0.2, 0.25) is 29.4 Å². The molecular formula is C36H58N6O7. The molecule has 0 bridgehead atoms. The van der Waals surface area contributed by atoms with Crippen LogP contribution in [0.25, 0.3) is 0 Å². The number of likely N-dealkylation sites (tertiary alicyclic amines) is 2. The van der Waals surface area contributed by atoms with E-state index in [1.54, 1.807) is 0 Å². The minimum Gasteiger partial charge on any atom is -0.346 e. The Labute approximate surface area is 291 Å². The van der Waals surface area contributed by atoms with Crippen LogP contribution in [0.3, 0.4) is 0 Å². The van der Waals surface area contributed by atoms with Crippen molar-refractivity contribution < 1.29 is 33.6 Å². The fourth-order valence-corrected chi connectivity index (χ4v) is 6.54. The first-order chi connectivity index (χ1) is 22.7. The first-order valence-corrected chi connectivity index (χ1v) is 17.7. The van der Waals surface area contributed by atoms with Gasteiger partial charge in [0.1, 0.15) is 12.1 Å². The molecule has 2 saturated heterocycles. The smallest absolute Gasteiger partial charge is 0.315 e. The number of nitrogens with zero attached hydrogens (tertiary/aromatic N) is 2. The minimum absolute atomic E-state index is 0.0142. The molecule has 0 aromatic rings. The van der Waals surface area contributed by atoms with Crippen molar-refractivity contribution >= 4 is 41.4 Å². The van der Waals surface area contributed by atoms with Gasteiger partial charge in [-0.15, -0.1) is 6.58 Å². The number of carbonyl (C=O) groups excluding carboxylic acids is 7. The third-order valence-corrected chi connectivity index (χ3v) is 9.57.